The Labute approximate surface area is 91.1 Å². The highest BCUT2D eigenvalue weighted by atomic mass is 35.5. The lowest BCUT2D eigenvalue weighted by molar-refractivity contribution is 0.415. The Bertz CT molecular complexity index is 441. The number of aromatic nitrogens is 1. The first-order valence-corrected chi connectivity index (χ1v) is 5.31. The third kappa shape index (κ3) is 1.89. The molecule has 0 aliphatic carbocycles. The Balaban J connectivity index is 2.41. The molecule has 72 valence electrons. The average Bonchev–Trinajstić information content (AvgIpc) is 2.65. The van der Waals surface area contributed by atoms with E-state index in [4.69, 9.17) is 16.3 Å². The maximum atomic E-state index is 5.75. The van der Waals surface area contributed by atoms with E-state index in [0.29, 0.717) is 5.15 Å². The van der Waals surface area contributed by atoms with Crippen LogP contribution in [0.15, 0.2) is 29.6 Å². The first kappa shape index (κ1) is 9.49. The van der Waals surface area contributed by atoms with Gasteiger partial charge in [-0.15, -0.1) is 11.3 Å². The van der Waals surface area contributed by atoms with Crippen LogP contribution >= 0.6 is 22.9 Å². The minimum absolute atomic E-state index is 0.535. The summed E-state index contributed by atoms with van der Waals surface area (Å²) in [5.41, 5.74) is 1.03. The molecule has 2 rings (SSSR count). The Morgan fingerprint density at radius 3 is 2.93 bits per heavy atom. The molecule has 0 atom stereocenters. The van der Waals surface area contributed by atoms with Gasteiger partial charge in [0.05, 0.1) is 7.11 Å². The summed E-state index contributed by atoms with van der Waals surface area (Å²) in [6.07, 6.45) is 0. The van der Waals surface area contributed by atoms with Crippen molar-refractivity contribution in [2.75, 3.05) is 7.11 Å². The van der Waals surface area contributed by atoms with Gasteiger partial charge in [0.25, 0.3) is 0 Å². The molecule has 0 spiro atoms. The maximum absolute atomic E-state index is 5.75. The van der Waals surface area contributed by atoms with Crippen molar-refractivity contribution >= 4 is 22.9 Å². The normalized spacial score (nSPS) is 10.1. The molecular formula is C10H8ClNOS. The molecule has 0 fully saturated rings. The maximum Gasteiger partial charge on any atom is 0.140 e. The van der Waals surface area contributed by atoms with Gasteiger partial charge < -0.3 is 4.74 Å². The van der Waals surface area contributed by atoms with E-state index in [-0.39, 0.29) is 0 Å². The van der Waals surface area contributed by atoms with Crippen LogP contribution in [0, 0.1) is 0 Å². The molecular weight excluding hydrogens is 218 g/mol. The minimum atomic E-state index is 0.535. The van der Waals surface area contributed by atoms with E-state index in [0.717, 1.165) is 16.3 Å². The fourth-order valence-corrected chi connectivity index (χ4v) is 2.09. The number of ether oxygens (including phenoxy) is 1. The molecule has 0 aliphatic rings. The molecule has 0 amide bonds. The summed E-state index contributed by atoms with van der Waals surface area (Å²) in [6.45, 7) is 0. The molecule has 0 saturated carbocycles. The van der Waals surface area contributed by atoms with Gasteiger partial charge >= 0.3 is 0 Å². The highest BCUT2D eigenvalue weighted by Gasteiger charge is 2.03. The Morgan fingerprint density at radius 1 is 1.43 bits per heavy atom. The van der Waals surface area contributed by atoms with Crippen LogP contribution in [-0.2, 0) is 0 Å². The summed E-state index contributed by atoms with van der Waals surface area (Å²) in [5.74, 6) is 0.828. The minimum Gasteiger partial charge on any atom is -0.497 e. The van der Waals surface area contributed by atoms with Gasteiger partial charge in [-0.2, -0.15) is 0 Å². The molecule has 1 heterocycles. The average molecular weight is 226 g/mol. The van der Waals surface area contributed by atoms with E-state index in [1.807, 2.05) is 29.6 Å². The highest BCUT2D eigenvalue weighted by molar-refractivity contribution is 7.13. The van der Waals surface area contributed by atoms with Crippen LogP contribution in [0.25, 0.3) is 10.6 Å². The van der Waals surface area contributed by atoms with Crippen LogP contribution in [0.2, 0.25) is 5.15 Å². The van der Waals surface area contributed by atoms with E-state index < -0.39 is 0 Å². The molecule has 4 heteroatoms. The van der Waals surface area contributed by atoms with Crippen LogP contribution in [0.3, 0.4) is 0 Å². The van der Waals surface area contributed by atoms with Crippen molar-refractivity contribution in [3.8, 4) is 16.3 Å². The number of thiazole rings is 1. The molecule has 0 aliphatic heterocycles. The zero-order valence-corrected chi connectivity index (χ0v) is 9.10. The summed E-state index contributed by atoms with van der Waals surface area (Å²) in [4.78, 5) is 4.18. The fraction of sp³-hybridized carbons (Fsp3) is 0.100. The number of benzene rings is 1. The summed E-state index contributed by atoms with van der Waals surface area (Å²) in [7, 11) is 1.65. The quantitative estimate of drug-likeness (QED) is 0.781. The second kappa shape index (κ2) is 3.98. The number of nitrogens with zero attached hydrogens (tertiary/aromatic N) is 1. The number of methoxy groups -OCH3 is 1. The van der Waals surface area contributed by atoms with E-state index in [9.17, 15) is 0 Å². The molecule has 14 heavy (non-hydrogen) atoms. The summed E-state index contributed by atoms with van der Waals surface area (Å²) in [5, 5.41) is 3.26. The first-order chi connectivity index (χ1) is 6.79. The monoisotopic (exact) mass is 225 g/mol. The van der Waals surface area contributed by atoms with Crippen molar-refractivity contribution in [3.05, 3.63) is 34.8 Å². The molecule has 0 radical (unpaired) electrons. The lowest BCUT2D eigenvalue weighted by Crippen LogP contribution is -1.82. The highest BCUT2D eigenvalue weighted by Crippen LogP contribution is 2.28. The molecule has 0 N–H and O–H groups in total. The van der Waals surface area contributed by atoms with Gasteiger partial charge in [-0.3, -0.25) is 0 Å². The predicted octanol–water partition coefficient (Wildman–Crippen LogP) is 3.47. The second-order valence-corrected chi connectivity index (χ2v) is 3.95. The van der Waals surface area contributed by atoms with Crippen molar-refractivity contribution < 1.29 is 4.74 Å². The third-order valence-corrected chi connectivity index (χ3v) is 3.01. The smallest absolute Gasteiger partial charge is 0.140 e. The topological polar surface area (TPSA) is 22.1 Å². The van der Waals surface area contributed by atoms with Crippen molar-refractivity contribution in [1.29, 1.82) is 0 Å². The fourth-order valence-electron chi connectivity index (χ4n) is 1.14. The van der Waals surface area contributed by atoms with Crippen LogP contribution < -0.4 is 4.74 Å². The summed E-state index contributed by atoms with van der Waals surface area (Å²) >= 11 is 7.28. The Kier molecular flexibility index (Phi) is 2.70. The number of hydrogen-bond donors (Lipinski definition) is 0. The zero-order chi connectivity index (χ0) is 9.97. The standard InChI is InChI=1S/C10H8ClNOS/c1-13-8-4-2-3-7(5-8)10-12-9(11)6-14-10/h2-6H,1H3. The zero-order valence-electron chi connectivity index (χ0n) is 7.53. The second-order valence-electron chi connectivity index (χ2n) is 2.71. The lowest BCUT2D eigenvalue weighted by Gasteiger charge is -2.00. The van der Waals surface area contributed by atoms with E-state index in [1.54, 1.807) is 7.11 Å². The van der Waals surface area contributed by atoms with Crippen molar-refractivity contribution in [1.82, 2.24) is 4.98 Å². The molecule has 0 bridgehead atoms. The summed E-state index contributed by atoms with van der Waals surface area (Å²) < 4.78 is 5.13. The van der Waals surface area contributed by atoms with Gasteiger partial charge in [0, 0.05) is 10.9 Å². The molecule has 2 aromatic rings. The first-order valence-electron chi connectivity index (χ1n) is 4.05. The SMILES string of the molecule is COc1cccc(-c2nc(Cl)cs2)c1. The van der Waals surface area contributed by atoms with Crippen molar-refractivity contribution in [3.63, 3.8) is 0 Å². The Hall–Kier alpha value is -1.06. The number of hydrogen-bond acceptors (Lipinski definition) is 3. The van der Waals surface area contributed by atoms with Crippen LogP contribution in [0.1, 0.15) is 0 Å². The molecule has 0 saturated heterocycles. The number of halogens is 1. The van der Waals surface area contributed by atoms with E-state index in [1.165, 1.54) is 11.3 Å². The van der Waals surface area contributed by atoms with Crippen LogP contribution in [0.5, 0.6) is 5.75 Å². The molecule has 0 unspecified atom stereocenters. The van der Waals surface area contributed by atoms with E-state index >= 15 is 0 Å². The van der Waals surface area contributed by atoms with Gasteiger partial charge in [0.15, 0.2) is 0 Å². The van der Waals surface area contributed by atoms with Gasteiger partial charge in [-0.25, -0.2) is 4.98 Å². The van der Waals surface area contributed by atoms with Gasteiger partial charge in [0.1, 0.15) is 15.9 Å². The van der Waals surface area contributed by atoms with Crippen LogP contribution in [0.4, 0.5) is 0 Å². The Morgan fingerprint density at radius 2 is 2.29 bits per heavy atom. The largest absolute Gasteiger partial charge is 0.497 e. The third-order valence-electron chi connectivity index (χ3n) is 1.79. The lowest BCUT2D eigenvalue weighted by atomic mass is 10.2. The summed E-state index contributed by atoms with van der Waals surface area (Å²) in [6, 6.07) is 7.76. The van der Waals surface area contributed by atoms with Gasteiger partial charge in [-0.1, -0.05) is 23.7 Å². The van der Waals surface area contributed by atoms with Gasteiger partial charge in [0.2, 0.25) is 0 Å². The molecule has 2 nitrogen and oxygen atoms in total. The molecule has 1 aromatic heterocycles. The number of rotatable bonds is 2. The van der Waals surface area contributed by atoms with Gasteiger partial charge in [-0.05, 0) is 12.1 Å². The van der Waals surface area contributed by atoms with E-state index in [2.05, 4.69) is 4.98 Å². The van der Waals surface area contributed by atoms with Crippen molar-refractivity contribution in [2.45, 2.75) is 0 Å². The van der Waals surface area contributed by atoms with Crippen molar-refractivity contribution in [2.24, 2.45) is 0 Å². The molecule has 1 aromatic carbocycles. The van der Waals surface area contributed by atoms with Crippen LogP contribution in [-0.4, -0.2) is 12.1 Å². The predicted molar refractivity (Wildman–Crippen MR) is 59.1 cm³/mol.